The van der Waals surface area contributed by atoms with Crippen molar-refractivity contribution in [2.24, 2.45) is 0 Å². The van der Waals surface area contributed by atoms with E-state index in [-0.39, 0.29) is 30.5 Å². The number of carboxylic acid groups (broad SMARTS) is 1. The van der Waals surface area contributed by atoms with Gasteiger partial charge in [-0.05, 0) is 72.4 Å². The highest BCUT2D eigenvalue weighted by Gasteiger charge is 2.36. The molecular formula is C32H36O9S. The molecule has 1 atom stereocenters. The minimum Gasteiger partial charge on any atom is -0.493 e. The smallest absolute Gasteiger partial charge is 0.304 e. The van der Waals surface area contributed by atoms with Crippen LogP contribution in [0.1, 0.15) is 47.4 Å². The van der Waals surface area contributed by atoms with Crippen molar-refractivity contribution in [3.63, 3.8) is 0 Å². The minimum atomic E-state index is -2.58. The van der Waals surface area contributed by atoms with Crippen LogP contribution in [0.25, 0.3) is 11.1 Å². The SMILES string of the molecule is Cc1cc(OCC2(O)CCS(O)(O)CC2)cc2c1-c1cc(COc3ccc4c(c3)OC[C@H]4CC(=O)O)ccc1OCC2. The van der Waals surface area contributed by atoms with Crippen LogP contribution in [0.15, 0.2) is 48.5 Å². The van der Waals surface area contributed by atoms with Gasteiger partial charge in [0.1, 0.15) is 41.8 Å². The van der Waals surface area contributed by atoms with Crippen LogP contribution in [0, 0.1) is 6.92 Å². The van der Waals surface area contributed by atoms with Gasteiger partial charge in [-0.15, -0.1) is 0 Å². The molecule has 1 fully saturated rings. The van der Waals surface area contributed by atoms with Crippen molar-refractivity contribution in [3.8, 4) is 34.1 Å². The summed E-state index contributed by atoms with van der Waals surface area (Å²) in [6.45, 7) is 3.36. The molecule has 0 spiro atoms. The van der Waals surface area contributed by atoms with Crippen LogP contribution in [0.2, 0.25) is 0 Å². The van der Waals surface area contributed by atoms with Gasteiger partial charge in [-0.3, -0.25) is 13.9 Å². The fourth-order valence-corrected chi connectivity index (χ4v) is 7.56. The number of aliphatic hydroxyl groups is 1. The fourth-order valence-electron chi connectivity index (χ4n) is 5.94. The third kappa shape index (κ3) is 6.17. The largest absolute Gasteiger partial charge is 0.493 e. The number of aryl methyl sites for hydroxylation is 1. The molecule has 0 bridgehead atoms. The molecular weight excluding hydrogens is 560 g/mol. The Hall–Kier alpha value is -3.44. The van der Waals surface area contributed by atoms with E-state index >= 15 is 0 Å². The van der Waals surface area contributed by atoms with E-state index in [0.717, 1.165) is 39.1 Å². The molecule has 3 aliphatic heterocycles. The van der Waals surface area contributed by atoms with Crippen LogP contribution >= 0.6 is 10.6 Å². The maximum Gasteiger partial charge on any atom is 0.304 e. The number of carboxylic acids is 1. The van der Waals surface area contributed by atoms with Gasteiger partial charge in [-0.2, -0.15) is 10.6 Å². The molecule has 0 radical (unpaired) electrons. The lowest BCUT2D eigenvalue weighted by atomic mass is 9.92. The number of hydrogen-bond donors (Lipinski definition) is 4. The maximum absolute atomic E-state index is 11.1. The molecule has 0 amide bonds. The molecule has 3 heterocycles. The number of rotatable bonds is 8. The third-order valence-electron chi connectivity index (χ3n) is 8.32. The molecule has 3 aliphatic rings. The van der Waals surface area contributed by atoms with E-state index in [2.05, 4.69) is 6.07 Å². The van der Waals surface area contributed by atoms with Gasteiger partial charge in [0.2, 0.25) is 0 Å². The number of hydrogen-bond acceptors (Lipinski definition) is 8. The Labute approximate surface area is 246 Å². The Morgan fingerprint density at radius 3 is 2.60 bits per heavy atom. The lowest BCUT2D eigenvalue weighted by Crippen LogP contribution is -2.42. The van der Waals surface area contributed by atoms with Crippen molar-refractivity contribution in [2.45, 2.75) is 50.7 Å². The predicted molar refractivity (Wildman–Crippen MR) is 159 cm³/mol. The Balaban J connectivity index is 1.17. The summed E-state index contributed by atoms with van der Waals surface area (Å²) in [5.74, 6) is 2.21. The average Bonchev–Trinajstić information content (AvgIpc) is 3.24. The summed E-state index contributed by atoms with van der Waals surface area (Å²) in [6.07, 6.45) is 1.35. The number of benzene rings is 3. The number of aliphatic carboxylic acids is 1. The monoisotopic (exact) mass is 596 g/mol. The Morgan fingerprint density at radius 1 is 1.00 bits per heavy atom. The van der Waals surface area contributed by atoms with E-state index in [1.807, 2.05) is 49.4 Å². The quantitative estimate of drug-likeness (QED) is 0.255. The highest BCUT2D eigenvalue weighted by atomic mass is 32.3. The Morgan fingerprint density at radius 2 is 1.81 bits per heavy atom. The Kier molecular flexibility index (Phi) is 7.74. The average molecular weight is 597 g/mol. The molecule has 224 valence electrons. The second kappa shape index (κ2) is 11.3. The van der Waals surface area contributed by atoms with Crippen molar-refractivity contribution < 1.29 is 43.1 Å². The summed E-state index contributed by atoms with van der Waals surface area (Å²) in [4.78, 5) is 11.1. The Bertz CT molecular complexity index is 1490. The van der Waals surface area contributed by atoms with E-state index < -0.39 is 22.2 Å². The van der Waals surface area contributed by atoms with E-state index in [1.54, 1.807) is 0 Å². The van der Waals surface area contributed by atoms with Crippen LogP contribution in [0.4, 0.5) is 0 Å². The zero-order chi connectivity index (χ0) is 29.5. The molecule has 6 rings (SSSR count). The second-order valence-corrected chi connectivity index (χ2v) is 13.9. The molecule has 0 aliphatic carbocycles. The summed E-state index contributed by atoms with van der Waals surface area (Å²) in [6, 6.07) is 15.6. The van der Waals surface area contributed by atoms with Crippen molar-refractivity contribution in [3.05, 3.63) is 70.8 Å². The van der Waals surface area contributed by atoms with Gasteiger partial charge in [0, 0.05) is 41.0 Å². The topological polar surface area (TPSA) is 135 Å². The van der Waals surface area contributed by atoms with E-state index in [9.17, 15) is 19.0 Å². The van der Waals surface area contributed by atoms with E-state index in [1.165, 1.54) is 0 Å². The van der Waals surface area contributed by atoms with E-state index in [4.69, 9.17) is 24.1 Å². The molecule has 1 saturated heterocycles. The van der Waals surface area contributed by atoms with E-state index in [0.29, 0.717) is 56.3 Å². The highest BCUT2D eigenvalue weighted by molar-refractivity contribution is 8.24. The van der Waals surface area contributed by atoms with Crippen LogP contribution in [0.5, 0.6) is 23.0 Å². The number of fused-ring (bicyclic) bond motifs is 4. The number of carbonyl (C=O) groups is 1. The maximum atomic E-state index is 11.1. The zero-order valence-corrected chi connectivity index (χ0v) is 24.3. The molecule has 42 heavy (non-hydrogen) atoms. The van der Waals surface area contributed by atoms with Gasteiger partial charge < -0.3 is 29.2 Å². The minimum absolute atomic E-state index is 0.0394. The highest BCUT2D eigenvalue weighted by Crippen LogP contribution is 2.47. The summed E-state index contributed by atoms with van der Waals surface area (Å²) in [5, 5.41) is 20.0. The molecule has 3 aromatic rings. The number of ether oxygens (including phenoxy) is 4. The van der Waals surface area contributed by atoms with Crippen molar-refractivity contribution in [1.29, 1.82) is 0 Å². The van der Waals surface area contributed by atoms with Crippen molar-refractivity contribution >= 4 is 16.6 Å². The summed E-state index contributed by atoms with van der Waals surface area (Å²) >= 11 is 0. The molecule has 0 saturated carbocycles. The van der Waals surface area contributed by atoms with Gasteiger partial charge in [-0.1, -0.05) is 12.1 Å². The molecule has 9 nitrogen and oxygen atoms in total. The first-order valence-electron chi connectivity index (χ1n) is 14.2. The first-order valence-corrected chi connectivity index (χ1v) is 16.1. The van der Waals surface area contributed by atoms with Gasteiger partial charge in [0.25, 0.3) is 0 Å². The predicted octanol–water partition coefficient (Wildman–Crippen LogP) is 5.78. The second-order valence-electron chi connectivity index (χ2n) is 11.5. The zero-order valence-electron chi connectivity index (χ0n) is 23.5. The normalized spacial score (nSPS) is 20.5. The van der Waals surface area contributed by atoms with Gasteiger partial charge in [0.05, 0.1) is 19.6 Å². The van der Waals surface area contributed by atoms with Gasteiger partial charge in [-0.25, -0.2) is 0 Å². The third-order valence-corrected chi connectivity index (χ3v) is 10.0. The first-order chi connectivity index (χ1) is 20.1. The molecule has 0 aromatic heterocycles. The fraction of sp³-hybridized carbons (Fsp3) is 0.406. The lowest BCUT2D eigenvalue weighted by molar-refractivity contribution is -0.137. The standard InChI is InChI=1S/C32H36O9S/c1-20-12-25(41-19-32(35)7-10-42(36,37)11-8-32)14-22-6-9-38-28-5-2-21(13-27(28)31(20)22)17-39-24-3-4-26-23(15-30(33)34)18-40-29(26)16-24/h2-5,12-14,16,23,35-37H,6-11,15,17-19H2,1H3,(H,33,34)/t23-/m1/s1. The lowest BCUT2D eigenvalue weighted by Gasteiger charge is -2.43. The van der Waals surface area contributed by atoms with Crippen molar-refractivity contribution in [1.82, 2.24) is 0 Å². The molecule has 0 unspecified atom stereocenters. The van der Waals surface area contributed by atoms with Gasteiger partial charge >= 0.3 is 5.97 Å². The summed E-state index contributed by atoms with van der Waals surface area (Å²) < 4.78 is 43.7. The summed E-state index contributed by atoms with van der Waals surface area (Å²) in [7, 11) is -2.58. The van der Waals surface area contributed by atoms with Crippen LogP contribution in [-0.4, -0.2) is 62.2 Å². The molecule has 3 aromatic carbocycles. The molecule has 4 N–H and O–H groups in total. The summed E-state index contributed by atoms with van der Waals surface area (Å²) in [5.41, 5.74) is 5.00. The first kappa shape index (κ1) is 28.7. The van der Waals surface area contributed by atoms with Crippen LogP contribution < -0.4 is 18.9 Å². The molecule has 10 heteroatoms. The van der Waals surface area contributed by atoms with Crippen LogP contribution in [-0.2, 0) is 17.8 Å². The van der Waals surface area contributed by atoms with Crippen LogP contribution in [0.3, 0.4) is 0 Å². The van der Waals surface area contributed by atoms with Gasteiger partial charge in [0.15, 0.2) is 0 Å². The van der Waals surface area contributed by atoms with Crippen molar-refractivity contribution in [2.75, 3.05) is 31.3 Å².